The average molecular weight is 276 g/mol. The van der Waals surface area contributed by atoms with Crippen molar-refractivity contribution in [2.24, 2.45) is 0 Å². The van der Waals surface area contributed by atoms with Gasteiger partial charge in [0.1, 0.15) is 12.0 Å². The predicted octanol–water partition coefficient (Wildman–Crippen LogP) is 2.94. The van der Waals surface area contributed by atoms with Crippen LogP contribution in [0.25, 0.3) is 11.3 Å². The molecule has 0 bridgehead atoms. The van der Waals surface area contributed by atoms with Gasteiger partial charge in [0.2, 0.25) is 0 Å². The summed E-state index contributed by atoms with van der Waals surface area (Å²) in [5, 5.41) is 3.42. The molecular weight excluding hydrogens is 262 g/mol. The van der Waals surface area contributed by atoms with Crippen LogP contribution in [-0.4, -0.2) is 21.9 Å². The zero-order chi connectivity index (χ0) is 13.8. The summed E-state index contributed by atoms with van der Waals surface area (Å²) >= 11 is 5.94. The van der Waals surface area contributed by atoms with Gasteiger partial charge in [0, 0.05) is 16.6 Å². The van der Waals surface area contributed by atoms with E-state index in [1.807, 2.05) is 26.0 Å². The lowest BCUT2D eigenvalue weighted by Crippen LogP contribution is -2.30. The molecule has 0 spiro atoms. The van der Waals surface area contributed by atoms with Gasteiger partial charge in [-0.1, -0.05) is 23.7 Å². The lowest BCUT2D eigenvalue weighted by Gasteiger charge is -2.08. The van der Waals surface area contributed by atoms with E-state index in [9.17, 15) is 4.79 Å². The van der Waals surface area contributed by atoms with Gasteiger partial charge in [0.25, 0.3) is 5.91 Å². The highest BCUT2D eigenvalue weighted by Gasteiger charge is 2.10. The number of hydrogen-bond donors (Lipinski definition) is 1. The van der Waals surface area contributed by atoms with E-state index in [0.29, 0.717) is 16.4 Å². The minimum absolute atomic E-state index is 0.0667. The molecule has 1 heterocycles. The van der Waals surface area contributed by atoms with E-state index in [0.717, 1.165) is 5.56 Å². The number of rotatable bonds is 3. The van der Waals surface area contributed by atoms with E-state index in [1.54, 1.807) is 18.2 Å². The largest absolute Gasteiger partial charge is 0.349 e. The number of benzene rings is 1. The van der Waals surface area contributed by atoms with Crippen LogP contribution in [0, 0.1) is 0 Å². The van der Waals surface area contributed by atoms with Gasteiger partial charge in [-0.2, -0.15) is 0 Å². The first-order chi connectivity index (χ1) is 9.06. The van der Waals surface area contributed by atoms with Crippen LogP contribution in [0.2, 0.25) is 5.02 Å². The van der Waals surface area contributed by atoms with E-state index in [2.05, 4.69) is 15.3 Å². The Bertz CT molecular complexity index is 599. The van der Waals surface area contributed by atoms with Gasteiger partial charge in [-0.05, 0) is 32.0 Å². The van der Waals surface area contributed by atoms with Gasteiger partial charge in [-0.3, -0.25) is 4.79 Å². The zero-order valence-corrected chi connectivity index (χ0v) is 11.5. The van der Waals surface area contributed by atoms with Crippen molar-refractivity contribution in [1.29, 1.82) is 0 Å². The highest BCUT2D eigenvalue weighted by atomic mass is 35.5. The Kier molecular flexibility index (Phi) is 4.12. The first-order valence-corrected chi connectivity index (χ1v) is 6.33. The molecular formula is C14H14ClN3O. The Morgan fingerprint density at radius 3 is 2.74 bits per heavy atom. The number of nitrogens with one attached hydrogen (secondary N) is 1. The molecule has 19 heavy (non-hydrogen) atoms. The predicted molar refractivity (Wildman–Crippen MR) is 75.1 cm³/mol. The summed E-state index contributed by atoms with van der Waals surface area (Å²) < 4.78 is 0. The summed E-state index contributed by atoms with van der Waals surface area (Å²) in [7, 11) is 0. The number of amides is 1. The quantitative estimate of drug-likeness (QED) is 0.937. The van der Waals surface area contributed by atoms with Crippen molar-refractivity contribution < 1.29 is 4.79 Å². The van der Waals surface area contributed by atoms with Crippen LogP contribution in [0.3, 0.4) is 0 Å². The number of carbonyl (C=O) groups is 1. The summed E-state index contributed by atoms with van der Waals surface area (Å²) in [5.41, 5.74) is 1.87. The van der Waals surface area contributed by atoms with Crippen LogP contribution >= 0.6 is 11.6 Å². The van der Waals surface area contributed by atoms with Gasteiger partial charge in [-0.25, -0.2) is 9.97 Å². The number of carbonyl (C=O) groups excluding carboxylic acids is 1. The summed E-state index contributed by atoms with van der Waals surface area (Å²) in [5.74, 6) is -0.208. The third-order valence-electron chi connectivity index (χ3n) is 2.44. The third kappa shape index (κ3) is 3.51. The van der Waals surface area contributed by atoms with Crippen molar-refractivity contribution in [3.63, 3.8) is 0 Å². The second-order valence-corrected chi connectivity index (χ2v) is 4.86. The van der Waals surface area contributed by atoms with E-state index < -0.39 is 0 Å². The van der Waals surface area contributed by atoms with Crippen LogP contribution in [-0.2, 0) is 0 Å². The fraction of sp³-hybridized carbons (Fsp3) is 0.214. The molecule has 0 radical (unpaired) electrons. The topological polar surface area (TPSA) is 54.9 Å². The van der Waals surface area contributed by atoms with Crippen LogP contribution in [0.4, 0.5) is 0 Å². The van der Waals surface area contributed by atoms with Crippen molar-refractivity contribution in [3.05, 3.63) is 47.4 Å². The Hall–Kier alpha value is -1.94. The minimum atomic E-state index is -0.208. The third-order valence-corrected chi connectivity index (χ3v) is 2.67. The molecule has 0 saturated heterocycles. The highest BCUT2D eigenvalue weighted by Crippen LogP contribution is 2.20. The van der Waals surface area contributed by atoms with E-state index in [-0.39, 0.29) is 11.9 Å². The molecule has 0 unspecified atom stereocenters. The lowest BCUT2D eigenvalue weighted by molar-refractivity contribution is 0.0938. The van der Waals surface area contributed by atoms with Gasteiger partial charge >= 0.3 is 0 Å². The average Bonchev–Trinajstić information content (AvgIpc) is 2.38. The van der Waals surface area contributed by atoms with Gasteiger partial charge in [0.05, 0.1) is 5.69 Å². The zero-order valence-electron chi connectivity index (χ0n) is 10.7. The second kappa shape index (κ2) is 5.80. The second-order valence-electron chi connectivity index (χ2n) is 4.43. The fourth-order valence-electron chi connectivity index (χ4n) is 1.62. The maximum atomic E-state index is 11.9. The Morgan fingerprint density at radius 1 is 1.26 bits per heavy atom. The Balaban J connectivity index is 2.32. The monoisotopic (exact) mass is 275 g/mol. The van der Waals surface area contributed by atoms with Crippen molar-refractivity contribution in [2.75, 3.05) is 0 Å². The molecule has 1 amide bonds. The molecule has 0 aliphatic carbocycles. The summed E-state index contributed by atoms with van der Waals surface area (Å²) in [4.78, 5) is 20.0. The molecule has 1 aromatic heterocycles. The van der Waals surface area contributed by atoms with Crippen molar-refractivity contribution in [1.82, 2.24) is 15.3 Å². The number of nitrogens with zero attached hydrogens (tertiary/aromatic N) is 2. The van der Waals surface area contributed by atoms with E-state index in [4.69, 9.17) is 11.6 Å². The molecule has 2 rings (SSSR count). The Morgan fingerprint density at radius 2 is 2.05 bits per heavy atom. The van der Waals surface area contributed by atoms with Crippen LogP contribution in [0.1, 0.15) is 24.3 Å². The first kappa shape index (κ1) is 13.5. The number of aromatic nitrogens is 2. The summed E-state index contributed by atoms with van der Waals surface area (Å²) in [6.45, 7) is 3.80. The SMILES string of the molecule is CC(C)NC(=O)c1cc(-c2cccc(Cl)c2)ncn1. The molecule has 0 atom stereocenters. The van der Waals surface area contributed by atoms with E-state index in [1.165, 1.54) is 6.33 Å². The molecule has 0 saturated carbocycles. The van der Waals surface area contributed by atoms with Crippen molar-refractivity contribution in [3.8, 4) is 11.3 Å². The van der Waals surface area contributed by atoms with Crippen molar-refractivity contribution >= 4 is 17.5 Å². The standard InChI is InChI=1S/C14H14ClN3O/c1-9(2)18-14(19)13-7-12(16-8-17-13)10-4-3-5-11(15)6-10/h3-9H,1-2H3,(H,18,19). The smallest absolute Gasteiger partial charge is 0.270 e. The molecule has 4 nitrogen and oxygen atoms in total. The maximum absolute atomic E-state index is 11.9. The minimum Gasteiger partial charge on any atom is -0.349 e. The van der Waals surface area contributed by atoms with Crippen LogP contribution in [0.5, 0.6) is 0 Å². The Labute approximate surface area is 116 Å². The van der Waals surface area contributed by atoms with Crippen LogP contribution < -0.4 is 5.32 Å². The molecule has 2 aromatic rings. The summed E-state index contributed by atoms with van der Waals surface area (Å²) in [6.07, 6.45) is 1.38. The molecule has 0 aliphatic heterocycles. The van der Waals surface area contributed by atoms with Gasteiger partial charge in [0.15, 0.2) is 0 Å². The van der Waals surface area contributed by atoms with Crippen molar-refractivity contribution in [2.45, 2.75) is 19.9 Å². The van der Waals surface area contributed by atoms with Crippen LogP contribution in [0.15, 0.2) is 36.7 Å². The van der Waals surface area contributed by atoms with E-state index >= 15 is 0 Å². The highest BCUT2D eigenvalue weighted by molar-refractivity contribution is 6.30. The molecule has 98 valence electrons. The fourth-order valence-corrected chi connectivity index (χ4v) is 1.81. The number of hydrogen-bond acceptors (Lipinski definition) is 3. The number of halogens is 1. The normalized spacial score (nSPS) is 10.5. The van der Waals surface area contributed by atoms with Gasteiger partial charge < -0.3 is 5.32 Å². The lowest BCUT2D eigenvalue weighted by atomic mass is 10.1. The summed E-state index contributed by atoms with van der Waals surface area (Å²) in [6, 6.07) is 9.04. The molecule has 1 aromatic carbocycles. The first-order valence-electron chi connectivity index (χ1n) is 5.95. The van der Waals surface area contributed by atoms with Gasteiger partial charge in [-0.15, -0.1) is 0 Å². The maximum Gasteiger partial charge on any atom is 0.270 e. The molecule has 5 heteroatoms. The molecule has 0 fully saturated rings. The molecule has 1 N–H and O–H groups in total. The molecule has 0 aliphatic rings.